The van der Waals surface area contributed by atoms with E-state index in [0.717, 1.165) is 11.1 Å². The van der Waals surface area contributed by atoms with Gasteiger partial charge < -0.3 is 9.63 Å². The van der Waals surface area contributed by atoms with Gasteiger partial charge in [0.05, 0.1) is 0 Å². The number of phenolic OH excluding ortho intramolecular Hbond substituents is 1. The molecule has 3 rings (SSSR count). The molecule has 2 aromatic carbocycles. The van der Waals surface area contributed by atoms with E-state index in [1.54, 1.807) is 36.4 Å². The van der Waals surface area contributed by atoms with Gasteiger partial charge in [-0.15, -0.1) is 0 Å². The maximum Gasteiger partial charge on any atom is 0.258 e. The van der Waals surface area contributed by atoms with Crippen LogP contribution in [0.5, 0.6) is 5.75 Å². The molecule has 0 atom stereocenters. The van der Waals surface area contributed by atoms with Crippen molar-refractivity contribution in [1.82, 2.24) is 10.1 Å². The van der Waals surface area contributed by atoms with E-state index in [0.29, 0.717) is 16.7 Å². The second kappa shape index (κ2) is 4.74. The summed E-state index contributed by atoms with van der Waals surface area (Å²) in [6, 6.07) is 13.8. The van der Waals surface area contributed by atoms with Crippen LogP contribution in [0.4, 0.5) is 0 Å². The second-order valence-electron chi connectivity index (χ2n) is 3.98. The van der Waals surface area contributed by atoms with E-state index in [-0.39, 0.29) is 5.75 Å². The summed E-state index contributed by atoms with van der Waals surface area (Å²) in [6.45, 7) is 0. The molecule has 3 aromatic rings. The molecule has 0 unspecified atom stereocenters. The van der Waals surface area contributed by atoms with Gasteiger partial charge in [-0.1, -0.05) is 16.8 Å². The summed E-state index contributed by atoms with van der Waals surface area (Å²) in [5.74, 6) is 1.10. The first-order valence-electron chi connectivity index (χ1n) is 5.61. The zero-order valence-electron chi connectivity index (χ0n) is 9.75. The Morgan fingerprint density at radius 2 is 1.53 bits per heavy atom. The average molecular weight is 273 g/mol. The molecule has 5 heteroatoms. The minimum absolute atomic E-state index is 0.196. The number of hydrogen-bond donors (Lipinski definition) is 1. The highest BCUT2D eigenvalue weighted by molar-refractivity contribution is 6.30. The Kier molecular flexibility index (Phi) is 2.93. The van der Waals surface area contributed by atoms with Crippen LogP contribution in [0.3, 0.4) is 0 Å². The van der Waals surface area contributed by atoms with Gasteiger partial charge in [0.1, 0.15) is 5.75 Å². The van der Waals surface area contributed by atoms with Crippen LogP contribution in [0.15, 0.2) is 53.1 Å². The summed E-state index contributed by atoms with van der Waals surface area (Å²) >= 11 is 5.83. The molecule has 1 aromatic heterocycles. The lowest BCUT2D eigenvalue weighted by molar-refractivity contribution is 0.432. The predicted octanol–water partition coefficient (Wildman–Crippen LogP) is 3.76. The molecule has 0 bridgehead atoms. The molecule has 0 aliphatic carbocycles. The smallest absolute Gasteiger partial charge is 0.258 e. The van der Waals surface area contributed by atoms with E-state index in [1.165, 1.54) is 0 Å². The molecule has 94 valence electrons. The average Bonchev–Trinajstić information content (AvgIpc) is 2.90. The Labute approximate surface area is 114 Å². The van der Waals surface area contributed by atoms with Crippen LogP contribution < -0.4 is 0 Å². The van der Waals surface area contributed by atoms with E-state index in [9.17, 15) is 5.11 Å². The van der Waals surface area contributed by atoms with Crippen molar-refractivity contribution in [1.29, 1.82) is 0 Å². The number of phenols is 1. The van der Waals surface area contributed by atoms with E-state index in [2.05, 4.69) is 10.1 Å². The van der Waals surface area contributed by atoms with Crippen molar-refractivity contribution in [3.63, 3.8) is 0 Å². The molecular weight excluding hydrogens is 264 g/mol. The normalized spacial score (nSPS) is 10.6. The minimum atomic E-state index is 0.196. The second-order valence-corrected chi connectivity index (χ2v) is 4.41. The first kappa shape index (κ1) is 11.7. The Hall–Kier alpha value is -2.33. The highest BCUT2D eigenvalue weighted by atomic mass is 35.5. The van der Waals surface area contributed by atoms with Crippen LogP contribution in [0, 0.1) is 0 Å². The topological polar surface area (TPSA) is 59.2 Å². The Balaban J connectivity index is 1.95. The number of aromatic hydroxyl groups is 1. The maximum atomic E-state index is 9.23. The number of benzene rings is 2. The van der Waals surface area contributed by atoms with Gasteiger partial charge in [0, 0.05) is 16.1 Å². The highest BCUT2D eigenvalue weighted by Crippen LogP contribution is 2.24. The van der Waals surface area contributed by atoms with E-state index >= 15 is 0 Å². The van der Waals surface area contributed by atoms with Gasteiger partial charge in [-0.3, -0.25) is 0 Å². The predicted molar refractivity (Wildman–Crippen MR) is 71.8 cm³/mol. The van der Waals surface area contributed by atoms with Gasteiger partial charge in [-0.25, -0.2) is 0 Å². The SMILES string of the molecule is Oc1ccc(-c2nc(-c3ccc(Cl)cc3)no2)cc1. The molecule has 0 saturated carbocycles. The molecule has 0 fully saturated rings. The Morgan fingerprint density at radius 3 is 2.21 bits per heavy atom. The molecular formula is C14H9ClN2O2. The summed E-state index contributed by atoms with van der Waals surface area (Å²) in [5, 5.41) is 13.8. The molecule has 0 radical (unpaired) electrons. The molecule has 1 heterocycles. The van der Waals surface area contributed by atoms with Gasteiger partial charge in [-0.2, -0.15) is 4.98 Å². The third-order valence-corrected chi connectivity index (χ3v) is 2.89. The lowest BCUT2D eigenvalue weighted by atomic mass is 10.2. The van der Waals surface area contributed by atoms with Crippen molar-refractivity contribution >= 4 is 11.6 Å². The molecule has 1 N–H and O–H groups in total. The van der Waals surface area contributed by atoms with Crippen LogP contribution in [-0.2, 0) is 0 Å². The summed E-state index contributed by atoms with van der Waals surface area (Å²) in [6.07, 6.45) is 0. The van der Waals surface area contributed by atoms with Crippen LogP contribution >= 0.6 is 11.6 Å². The summed E-state index contributed by atoms with van der Waals surface area (Å²) in [7, 11) is 0. The fourth-order valence-corrected chi connectivity index (χ4v) is 1.79. The molecule has 19 heavy (non-hydrogen) atoms. The Morgan fingerprint density at radius 1 is 0.895 bits per heavy atom. The van der Waals surface area contributed by atoms with Gasteiger partial charge in [-0.05, 0) is 48.5 Å². The van der Waals surface area contributed by atoms with E-state index in [4.69, 9.17) is 16.1 Å². The lowest BCUT2D eigenvalue weighted by Crippen LogP contribution is -1.80. The third kappa shape index (κ3) is 2.44. The van der Waals surface area contributed by atoms with Gasteiger partial charge in [0.15, 0.2) is 0 Å². The van der Waals surface area contributed by atoms with E-state index in [1.807, 2.05) is 12.1 Å². The monoisotopic (exact) mass is 272 g/mol. The van der Waals surface area contributed by atoms with Crippen molar-refractivity contribution in [2.24, 2.45) is 0 Å². The number of hydrogen-bond acceptors (Lipinski definition) is 4. The van der Waals surface area contributed by atoms with Crippen molar-refractivity contribution in [3.05, 3.63) is 53.6 Å². The number of rotatable bonds is 2. The van der Waals surface area contributed by atoms with E-state index < -0.39 is 0 Å². The maximum absolute atomic E-state index is 9.23. The summed E-state index contributed by atoms with van der Waals surface area (Å²) in [5.41, 5.74) is 1.59. The van der Waals surface area contributed by atoms with Crippen LogP contribution in [0.1, 0.15) is 0 Å². The molecule has 4 nitrogen and oxygen atoms in total. The zero-order chi connectivity index (χ0) is 13.2. The largest absolute Gasteiger partial charge is 0.508 e. The van der Waals surface area contributed by atoms with Gasteiger partial charge in [0.2, 0.25) is 5.82 Å². The Bertz CT molecular complexity index is 630. The van der Waals surface area contributed by atoms with Crippen LogP contribution in [0.2, 0.25) is 5.02 Å². The summed E-state index contributed by atoms with van der Waals surface area (Å²) < 4.78 is 5.20. The van der Waals surface area contributed by atoms with Crippen LogP contribution in [0.25, 0.3) is 22.8 Å². The molecule has 0 aliphatic heterocycles. The summed E-state index contributed by atoms with van der Waals surface area (Å²) in [4.78, 5) is 4.31. The molecule has 0 spiro atoms. The van der Waals surface area contributed by atoms with Crippen molar-refractivity contribution in [2.45, 2.75) is 0 Å². The van der Waals surface area contributed by atoms with Gasteiger partial charge >= 0.3 is 0 Å². The zero-order valence-corrected chi connectivity index (χ0v) is 10.5. The molecule has 0 saturated heterocycles. The van der Waals surface area contributed by atoms with Crippen LogP contribution in [-0.4, -0.2) is 15.2 Å². The number of halogens is 1. The molecule has 0 aliphatic rings. The van der Waals surface area contributed by atoms with Crippen molar-refractivity contribution < 1.29 is 9.63 Å². The number of nitrogens with zero attached hydrogens (tertiary/aromatic N) is 2. The number of aromatic nitrogens is 2. The minimum Gasteiger partial charge on any atom is -0.508 e. The third-order valence-electron chi connectivity index (χ3n) is 2.64. The molecule has 0 amide bonds. The quantitative estimate of drug-likeness (QED) is 0.771. The fourth-order valence-electron chi connectivity index (χ4n) is 1.66. The first-order chi connectivity index (χ1) is 9.22. The fraction of sp³-hybridized carbons (Fsp3) is 0. The lowest BCUT2D eigenvalue weighted by Gasteiger charge is -1.94. The van der Waals surface area contributed by atoms with Gasteiger partial charge in [0.25, 0.3) is 5.89 Å². The highest BCUT2D eigenvalue weighted by Gasteiger charge is 2.10. The standard InChI is InChI=1S/C14H9ClN2O2/c15-11-5-1-9(2-6-11)13-16-14(19-17-13)10-3-7-12(18)8-4-10/h1-8,18H. The van der Waals surface area contributed by atoms with Crippen molar-refractivity contribution in [3.8, 4) is 28.6 Å². The van der Waals surface area contributed by atoms with Crippen molar-refractivity contribution in [2.75, 3.05) is 0 Å². The first-order valence-corrected chi connectivity index (χ1v) is 5.99.